The van der Waals surface area contributed by atoms with Crippen LogP contribution >= 0.6 is 11.8 Å². The summed E-state index contributed by atoms with van der Waals surface area (Å²) in [6, 6.07) is 7.97. The summed E-state index contributed by atoms with van der Waals surface area (Å²) >= 11 is 1.38. The molecule has 24 heavy (non-hydrogen) atoms. The average Bonchev–Trinajstić information content (AvgIpc) is 3.02. The van der Waals surface area contributed by atoms with Gasteiger partial charge in [0.1, 0.15) is 23.7 Å². The van der Waals surface area contributed by atoms with Gasteiger partial charge < -0.3 is 24.6 Å². The van der Waals surface area contributed by atoms with E-state index in [0.717, 1.165) is 5.17 Å². The second-order valence-corrected chi connectivity index (χ2v) is 6.93. The third-order valence-corrected chi connectivity index (χ3v) is 5.24. The van der Waals surface area contributed by atoms with Gasteiger partial charge in [0.25, 0.3) is 0 Å². The highest BCUT2D eigenvalue weighted by atomic mass is 32.2. The Morgan fingerprint density at radius 3 is 2.71 bits per heavy atom. The smallest absolute Gasteiger partial charge is 0.338 e. The zero-order valence-electron chi connectivity index (χ0n) is 13.4. The first-order chi connectivity index (χ1) is 11.5. The summed E-state index contributed by atoms with van der Waals surface area (Å²) in [6.07, 6.45) is -2.81. The fourth-order valence-electron chi connectivity index (χ4n) is 2.68. The van der Waals surface area contributed by atoms with Crippen molar-refractivity contribution in [3.8, 4) is 0 Å². The van der Waals surface area contributed by atoms with Gasteiger partial charge in [0.15, 0.2) is 11.3 Å². The number of fused-ring (bicyclic) bond motifs is 1. The molecule has 2 N–H and O–H groups in total. The quantitative estimate of drug-likeness (QED) is 0.757. The minimum atomic E-state index is -1.04. The molecule has 2 aliphatic heterocycles. The molecule has 1 fully saturated rings. The van der Waals surface area contributed by atoms with Crippen molar-refractivity contribution in [2.24, 2.45) is 4.99 Å². The Hall–Kier alpha value is -1.61. The number of carbonyl (C=O) groups excluding carboxylic acids is 1. The van der Waals surface area contributed by atoms with E-state index >= 15 is 0 Å². The van der Waals surface area contributed by atoms with Crippen molar-refractivity contribution in [2.75, 3.05) is 20.7 Å². The van der Waals surface area contributed by atoms with E-state index in [2.05, 4.69) is 4.99 Å². The molecule has 0 amide bonds. The molecule has 1 aromatic carbocycles. The van der Waals surface area contributed by atoms with Crippen molar-refractivity contribution in [1.29, 1.82) is 0 Å². The lowest BCUT2D eigenvalue weighted by atomic mass is 9.98. The molecule has 0 radical (unpaired) electrons. The van der Waals surface area contributed by atoms with Crippen molar-refractivity contribution < 1.29 is 24.5 Å². The Bertz CT molecular complexity index is 624. The number of benzene rings is 1. The highest BCUT2D eigenvalue weighted by Gasteiger charge is 2.50. The second kappa shape index (κ2) is 7.10. The molecule has 0 saturated carbocycles. The minimum Gasteiger partial charge on any atom is -0.453 e. The number of hydrogen-bond donors (Lipinski definition) is 2. The van der Waals surface area contributed by atoms with Crippen LogP contribution in [0, 0.1) is 0 Å². The number of thioether (sulfide) groups is 1. The first kappa shape index (κ1) is 17.2. The zero-order valence-corrected chi connectivity index (χ0v) is 14.2. The maximum absolute atomic E-state index is 12.3. The number of rotatable bonds is 3. The molecule has 1 saturated heterocycles. The van der Waals surface area contributed by atoms with Gasteiger partial charge in [-0.1, -0.05) is 30.0 Å². The largest absolute Gasteiger partial charge is 0.453 e. The van der Waals surface area contributed by atoms with E-state index in [1.54, 1.807) is 30.3 Å². The summed E-state index contributed by atoms with van der Waals surface area (Å²) in [6.45, 7) is -0.356. The summed E-state index contributed by atoms with van der Waals surface area (Å²) in [5, 5.41) is 20.9. The van der Waals surface area contributed by atoms with E-state index in [0.29, 0.717) is 5.56 Å². The van der Waals surface area contributed by atoms with Crippen molar-refractivity contribution in [3.05, 3.63) is 35.9 Å². The predicted octanol–water partition coefficient (Wildman–Crippen LogP) is 0.323. The molecule has 2 heterocycles. The number of aliphatic hydroxyl groups excluding tert-OH is 2. The normalized spacial score (nSPS) is 32.0. The molecular weight excluding hydrogens is 332 g/mol. The second-order valence-electron chi connectivity index (χ2n) is 5.87. The number of esters is 1. The number of aliphatic imine (C=N–C) groups is 1. The molecule has 0 bridgehead atoms. The van der Waals surface area contributed by atoms with E-state index in [1.165, 1.54) is 11.8 Å². The highest BCUT2D eigenvalue weighted by Crippen LogP contribution is 2.38. The topological polar surface area (TPSA) is 91.6 Å². The van der Waals surface area contributed by atoms with E-state index in [1.807, 2.05) is 19.0 Å². The molecule has 2 aliphatic rings. The average molecular weight is 352 g/mol. The molecule has 130 valence electrons. The fraction of sp³-hybridized carbons (Fsp3) is 0.500. The Morgan fingerprint density at radius 1 is 1.38 bits per heavy atom. The molecule has 3 rings (SSSR count). The van der Waals surface area contributed by atoms with Crippen LogP contribution in [-0.4, -0.2) is 76.7 Å². The van der Waals surface area contributed by atoms with Crippen molar-refractivity contribution in [1.82, 2.24) is 4.90 Å². The zero-order chi connectivity index (χ0) is 17.3. The summed E-state index contributed by atoms with van der Waals surface area (Å²) in [4.78, 5) is 18.5. The van der Waals surface area contributed by atoms with Gasteiger partial charge >= 0.3 is 5.97 Å². The molecule has 0 aromatic heterocycles. The number of amidine groups is 1. The SMILES string of the molecule is CN(C)C1=NC2C(OC(CO)C(OC(=O)c3ccccc3)C2O)S1. The number of aliphatic hydroxyl groups is 2. The van der Waals surface area contributed by atoms with E-state index in [4.69, 9.17) is 9.47 Å². The third-order valence-electron chi connectivity index (χ3n) is 3.94. The number of hydrogen-bond acceptors (Lipinski definition) is 8. The van der Waals surface area contributed by atoms with Gasteiger partial charge in [-0.2, -0.15) is 0 Å². The molecule has 7 nitrogen and oxygen atoms in total. The molecule has 0 aliphatic carbocycles. The number of nitrogens with zero attached hydrogens (tertiary/aromatic N) is 2. The molecule has 5 atom stereocenters. The fourth-order valence-corrected chi connectivity index (χ4v) is 3.84. The summed E-state index contributed by atoms with van der Waals surface area (Å²) in [5.74, 6) is -0.567. The standard InChI is InChI=1S/C16H20N2O5S/c1-18(2)16-17-11-12(20)13(10(8-19)22-15(11)24-16)23-14(21)9-6-4-3-5-7-9/h3-7,10-13,15,19-20H,8H2,1-2H3. The van der Waals surface area contributed by atoms with Crippen LogP contribution in [0.15, 0.2) is 35.3 Å². The van der Waals surface area contributed by atoms with Crippen LogP contribution < -0.4 is 0 Å². The Balaban J connectivity index is 1.77. The highest BCUT2D eigenvalue weighted by molar-refractivity contribution is 8.14. The van der Waals surface area contributed by atoms with Gasteiger partial charge in [0, 0.05) is 14.1 Å². The van der Waals surface area contributed by atoms with Gasteiger partial charge in [0.2, 0.25) is 0 Å². The van der Waals surface area contributed by atoms with Crippen LogP contribution in [0.25, 0.3) is 0 Å². The molecule has 8 heteroatoms. The van der Waals surface area contributed by atoms with E-state index < -0.39 is 35.8 Å². The third kappa shape index (κ3) is 3.27. The van der Waals surface area contributed by atoms with Crippen molar-refractivity contribution in [2.45, 2.75) is 29.8 Å². The van der Waals surface area contributed by atoms with E-state index in [-0.39, 0.29) is 6.61 Å². The summed E-state index contributed by atoms with van der Waals surface area (Å²) < 4.78 is 11.2. The lowest BCUT2D eigenvalue weighted by Crippen LogP contribution is -2.57. The van der Waals surface area contributed by atoms with Gasteiger partial charge in [0.05, 0.1) is 12.2 Å². The molecule has 0 spiro atoms. The van der Waals surface area contributed by atoms with Gasteiger partial charge in [-0.25, -0.2) is 4.79 Å². The molecule has 1 aromatic rings. The van der Waals surface area contributed by atoms with Gasteiger partial charge in [-0.3, -0.25) is 4.99 Å². The van der Waals surface area contributed by atoms with Crippen LogP contribution in [0.1, 0.15) is 10.4 Å². The minimum absolute atomic E-state index is 0.356. The van der Waals surface area contributed by atoms with Crippen LogP contribution in [0.4, 0.5) is 0 Å². The first-order valence-corrected chi connectivity index (χ1v) is 8.51. The maximum atomic E-state index is 12.3. The van der Waals surface area contributed by atoms with Crippen LogP contribution in [0.5, 0.6) is 0 Å². The maximum Gasteiger partial charge on any atom is 0.338 e. The number of carbonyl (C=O) groups is 1. The van der Waals surface area contributed by atoms with Crippen LogP contribution in [0.2, 0.25) is 0 Å². The van der Waals surface area contributed by atoms with Crippen molar-refractivity contribution in [3.63, 3.8) is 0 Å². The summed E-state index contributed by atoms with van der Waals surface area (Å²) in [5.41, 5.74) is -0.0250. The lowest BCUT2D eigenvalue weighted by molar-refractivity contribution is -0.166. The first-order valence-electron chi connectivity index (χ1n) is 7.63. The summed E-state index contributed by atoms with van der Waals surface area (Å²) in [7, 11) is 3.71. The Morgan fingerprint density at radius 2 is 2.08 bits per heavy atom. The lowest BCUT2D eigenvalue weighted by Gasteiger charge is -2.39. The van der Waals surface area contributed by atoms with Crippen LogP contribution in [0.3, 0.4) is 0 Å². The number of ether oxygens (including phenoxy) is 2. The Labute approximate surface area is 144 Å². The Kier molecular flexibility index (Phi) is 5.09. The molecular formula is C16H20N2O5S. The molecule has 5 unspecified atom stereocenters. The van der Waals surface area contributed by atoms with Crippen molar-refractivity contribution >= 4 is 22.9 Å². The van der Waals surface area contributed by atoms with Gasteiger partial charge in [-0.05, 0) is 12.1 Å². The monoisotopic (exact) mass is 352 g/mol. The van der Waals surface area contributed by atoms with E-state index in [9.17, 15) is 15.0 Å². The predicted molar refractivity (Wildman–Crippen MR) is 89.9 cm³/mol. The van der Waals surface area contributed by atoms with Gasteiger partial charge in [-0.15, -0.1) is 0 Å². The van der Waals surface area contributed by atoms with Crippen LogP contribution in [-0.2, 0) is 9.47 Å².